The van der Waals surface area contributed by atoms with Gasteiger partial charge in [-0.1, -0.05) is 47.5 Å². The minimum atomic E-state index is -3.64. The zero-order chi connectivity index (χ0) is 18.9. The van der Waals surface area contributed by atoms with Gasteiger partial charge in [0, 0.05) is 12.5 Å². The summed E-state index contributed by atoms with van der Waals surface area (Å²) in [4.78, 5) is 0.263. The Balaban J connectivity index is 2.05. The van der Waals surface area contributed by atoms with Crippen molar-refractivity contribution in [3.63, 3.8) is 0 Å². The van der Waals surface area contributed by atoms with E-state index in [9.17, 15) is 13.7 Å². The van der Waals surface area contributed by atoms with Gasteiger partial charge in [0.15, 0.2) is 9.84 Å². The molecule has 1 aliphatic carbocycles. The Hall–Kier alpha value is -2.16. The number of rotatable bonds is 6. The predicted octanol–water partition coefficient (Wildman–Crippen LogP) is 3.79. The number of benzene rings is 2. The molecule has 3 atom stereocenters. The molecule has 136 valence electrons. The number of sulfone groups is 1. The fourth-order valence-electron chi connectivity index (χ4n) is 3.59. The van der Waals surface area contributed by atoms with Crippen molar-refractivity contribution in [2.45, 2.75) is 36.8 Å². The van der Waals surface area contributed by atoms with Crippen molar-refractivity contribution in [2.75, 3.05) is 13.2 Å². The lowest BCUT2D eigenvalue weighted by molar-refractivity contribution is 0.117. The van der Waals surface area contributed by atoms with E-state index < -0.39 is 20.5 Å². The van der Waals surface area contributed by atoms with Gasteiger partial charge in [-0.2, -0.15) is 5.26 Å². The van der Waals surface area contributed by atoms with Gasteiger partial charge in [0.1, 0.15) is 5.41 Å². The van der Waals surface area contributed by atoms with Crippen LogP contribution >= 0.6 is 0 Å². The molecule has 0 N–H and O–H groups in total. The third-order valence-corrected chi connectivity index (χ3v) is 7.42. The highest BCUT2D eigenvalue weighted by Gasteiger charge is 2.72. The Kier molecular flexibility index (Phi) is 4.92. The Morgan fingerprint density at radius 3 is 2.08 bits per heavy atom. The standard InChI is InChI=1S/C21H23NO3S/c1-4-25-14-21(13-22)19(17-9-5-15(2)6-10-17)20(21)26(23,24)18-11-7-16(3)8-12-18/h5-12,19-20H,4,14H2,1-3H3/t19-,20+,21+/m0/s1. The molecule has 0 saturated heterocycles. The number of nitrogens with zero attached hydrogens (tertiary/aromatic N) is 1. The zero-order valence-corrected chi connectivity index (χ0v) is 16.1. The second-order valence-corrected chi connectivity index (χ2v) is 9.03. The van der Waals surface area contributed by atoms with E-state index in [2.05, 4.69) is 6.07 Å². The molecule has 0 unspecified atom stereocenters. The molecule has 3 rings (SSSR count). The summed E-state index contributed by atoms with van der Waals surface area (Å²) in [5.41, 5.74) is 1.92. The second kappa shape index (κ2) is 6.86. The molecule has 0 bridgehead atoms. The molecule has 1 aliphatic rings. The molecule has 0 aliphatic heterocycles. The van der Waals surface area contributed by atoms with Gasteiger partial charge in [-0.05, 0) is 38.5 Å². The van der Waals surface area contributed by atoms with Crippen LogP contribution in [-0.4, -0.2) is 26.9 Å². The van der Waals surface area contributed by atoms with Crippen molar-refractivity contribution < 1.29 is 13.2 Å². The largest absolute Gasteiger partial charge is 0.380 e. The lowest BCUT2D eigenvalue weighted by atomic mass is 10.0. The molecule has 0 aromatic heterocycles. The van der Waals surface area contributed by atoms with Crippen LogP contribution in [0.3, 0.4) is 0 Å². The summed E-state index contributed by atoms with van der Waals surface area (Å²) >= 11 is 0. The lowest BCUT2D eigenvalue weighted by Gasteiger charge is -2.10. The molecule has 1 fully saturated rings. The van der Waals surface area contributed by atoms with Crippen molar-refractivity contribution in [3.05, 3.63) is 65.2 Å². The van der Waals surface area contributed by atoms with Crippen molar-refractivity contribution >= 4 is 9.84 Å². The molecule has 4 nitrogen and oxygen atoms in total. The maximum Gasteiger partial charge on any atom is 0.183 e. The summed E-state index contributed by atoms with van der Waals surface area (Å²) in [6, 6.07) is 16.8. The van der Waals surface area contributed by atoms with Crippen LogP contribution in [0, 0.1) is 30.6 Å². The van der Waals surface area contributed by atoms with Crippen LogP contribution in [0.25, 0.3) is 0 Å². The van der Waals surface area contributed by atoms with Gasteiger partial charge < -0.3 is 4.74 Å². The molecule has 2 aromatic carbocycles. The van der Waals surface area contributed by atoms with Gasteiger partial charge in [0.25, 0.3) is 0 Å². The number of nitriles is 1. The van der Waals surface area contributed by atoms with Crippen LogP contribution in [0.15, 0.2) is 53.4 Å². The van der Waals surface area contributed by atoms with Crippen LogP contribution in [0.4, 0.5) is 0 Å². The summed E-state index contributed by atoms with van der Waals surface area (Å²) in [7, 11) is -3.64. The quantitative estimate of drug-likeness (QED) is 0.777. The molecule has 0 heterocycles. The van der Waals surface area contributed by atoms with E-state index in [1.807, 2.05) is 45.0 Å². The average Bonchev–Trinajstić information content (AvgIpc) is 3.31. The van der Waals surface area contributed by atoms with E-state index in [-0.39, 0.29) is 17.4 Å². The molecule has 26 heavy (non-hydrogen) atoms. The Morgan fingerprint density at radius 1 is 1.04 bits per heavy atom. The summed E-state index contributed by atoms with van der Waals surface area (Å²) in [6.45, 7) is 6.31. The van der Waals surface area contributed by atoms with E-state index >= 15 is 0 Å². The van der Waals surface area contributed by atoms with Crippen LogP contribution in [0.5, 0.6) is 0 Å². The smallest absolute Gasteiger partial charge is 0.183 e. The van der Waals surface area contributed by atoms with E-state index in [4.69, 9.17) is 4.74 Å². The highest BCUT2D eigenvalue weighted by Crippen LogP contribution is 2.63. The topological polar surface area (TPSA) is 67.2 Å². The Labute approximate surface area is 155 Å². The van der Waals surface area contributed by atoms with Gasteiger partial charge in [0.05, 0.1) is 22.8 Å². The highest BCUT2D eigenvalue weighted by molar-refractivity contribution is 7.92. The molecular formula is C21H23NO3S. The van der Waals surface area contributed by atoms with Crippen LogP contribution < -0.4 is 0 Å². The summed E-state index contributed by atoms with van der Waals surface area (Å²) < 4.78 is 32.1. The van der Waals surface area contributed by atoms with Crippen LogP contribution in [0.2, 0.25) is 0 Å². The van der Waals surface area contributed by atoms with E-state index in [1.165, 1.54) is 0 Å². The monoisotopic (exact) mass is 369 g/mol. The predicted molar refractivity (Wildman–Crippen MR) is 101 cm³/mol. The summed E-state index contributed by atoms with van der Waals surface area (Å²) in [6.07, 6.45) is 0. The molecule has 2 aromatic rings. The van der Waals surface area contributed by atoms with Gasteiger partial charge >= 0.3 is 0 Å². The van der Waals surface area contributed by atoms with Crippen LogP contribution in [0.1, 0.15) is 29.5 Å². The molecule has 0 radical (unpaired) electrons. The van der Waals surface area contributed by atoms with Gasteiger partial charge in [0.2, 0.25) is 0 Å². The average molecular weight is 369 g/mol. The first-order valence-corrected chi connectivity index (χ1v) is 10.3. The fraction of sp³-hybridized carbons (Fsp3) is 0.381. The first-order valence-electron chi connectivity index (χ1n) is 8.73. The van der Waals surface area contributed by atoms with Gasteiger partial charge in [-0.25, -0.2) is 8.42 Å². The Bertz CT molecular complexity index is 927. The maximum atomic E-state index is 13.3. The normalized spacial score (nSPS) is 24.8. The minimum Gasteiger partial charge on any atom is -0.380 e. The van der Waals surface area contributed by atoms with Crippen molar-refractivity contribution in [2.24, 2.45) is 5.41 Å². The van der Waals surface area contributed by atoms with Gasteiger partial charge in [-0.15, -0.1) is 0 Å². The van der Waals surface area contributed by atoms with E-state index in [0.717, 1.165) is 16.7 Å². The zero-order valence-electron chi connectivity index (χ0n) is 15.3. The first kappa shape index (κ1) is 18.6. The number of hydrogen-bond acceptors (Lipinski definition) is 4. The second-order valence-electron chi connectivity index (χ2n) is 6.96. The van der Waals surface area contributed by atoms with Crippen molar-refractivity contribution in [1.82, 2.24) is 0 Å². The fourth-order valence-corrected chi connectivity index (χ4v) is 5.90. The molecule has 0 amide bonds. The first-order chi connectivity index (χ1) is 12.4. The third kappa shape index (κ3) is 3.04. The molecule has 0 spiro atoms. The van der Waals surface area contributed by atoms with Crippen LogP contribution in [-0.2, 0) is 14.6 Å². The van der Waals surface area contributed by atoms with Crippen molar-refractivity contribution in [1.29, 1.82) is 5.26 Å². The van der Waals surface area contributed by atoms with E-state index in [0.29, 0.717) is 6.61 Å². The maximum absolute atomic E-state index is 13.3. The van der Waals surface area contributed by atoms with Gasteiger partial charge in [-0.3, -0.25) is 0 Å². The SMILES string of the molecule is CCOC[C@@]1(C#N)[C@H](S(=O)(=O)c2ccc(C)cc2)[C@@H]1c1ccc(C)cc1. The highest BCUT2D eigenvalue weighted by atomic mass is 32.2. The molecule has 5 heteroatoms. The third-order valence-electron chi connectivity index (χ3n) is 5.13. The summed E-state index contributed by atoms with van der Waals surface area (Å²) in [5, 5.41) is 9.11. The number of hydrogen-bond donors (Lipinski definition) is 0. The molecular weight excluding hydrogens is 346 g/mol. The Morgan fingerprint density at radius 2 is 1.58 bits per heavy atom. The number of aryl methyl sites for hydroxylation is 2. The minimum absolute atomic E-state index is 0.119. The van der Waals surface area contributed by atoms with E-state index in [1.54, 1.807) is 24.3 Å². The lowest BCUT2D eigenvalue weighted by Crippen LogP contribution is -2.19. The molecule has 1 saturated carbocycles. The van der Waals surface area contributed by atoms with Crippen molar-refractivity contribution in [3.8, 4) is 6.07 Å². The summed E-state index contributed by atoms with van der Waals surface area (Å²) in [5.74, 6) is -0.383. The number of ether oxygens (including phenoxy) is 1.